The Hall–Kier alpha value is -1.13. The van der Waals surface area contributed by atoms with Gasteiger partial charge in [0.1, 0.15) is 17.6 Å². The van der Waals surface area contributed by atoms with Crippen LogP contribution in [0, 0.1) is 0 Å². The maximum Gasteiger partial charge on any atom is 0.218 e. The van der Waals surface area contributed by atoms with Crippen molar-refractivity contribution in [1.29, 1.82) is 0 Å². The highest BCUT2D eigenvalue weighted by atomic mass is 79.9. The fourth-order valence-corrected chi connectivity index (χ4v) is 2.27. The molecule has 0 amide bonds. The number of hydrogen-bond donors (Lipinski definition) is 0. The van der Waals surface area contributed by atoms with Crippen molar-refractivity contribution in [3.63, 3.8) is 0 Å². The molecule has 0 N–H and O–H groups in total. The second-order valence-electron chi connectivity index (χ2n) is 4.11. The molecule has 0 atom stereocenters. The van der Waals surface area contributed by atoms with Gasteiger partial charge in [0.2, 0.25) is 5.88 Å². The maximum absolute atomic E-state index is 5.95. The number of nitrogens with zero attached hydrogens (tertiary/aromatic N) is 2. The maximum atomic E-state index is 5.95. The molecule has 0 aliphatic rings. The average Bonchev–Trinajstić information content (AvgIpc) is 2.36. The second kappa shape index (κ2) is 6.87. The molecule has 0 saturated heterocycles. The minimum absolute atomic E-state index is 0.419. The molecule has 0 saturated carbocycles. The number of halogens is 2. The topological polar surface area (TPSA) is 35.0 Å². The molecular formula is C14H14BrClN2O. The first-order valence-electron chi connectivity index (χ1n) is 6.08. The molecule has 1 aromatic carbocycles. The zero-order chi connectivity index (χ0) is 13.7. The molecule has 1 aromatic heterocycles. The number of hydrogen-bond acceptors (Lipinski definition) is 3. The van der Waals surface area contributed by atoms with Gasteiger partial charge < -0.3 is 4.74 Å². The van der Waals surface area contributed by atoms with Crippen molar-refractivity contribution in [2.24, 2.45) is 0 Å². The van der Waals surface area contributed by atoms with Gasteiger partial charge in [0.25, 0.3) is 0 Å². The number of aryl methyl sites for hydroxylation is 1. The average molecular weight is 342 g/mol. The number of rotatable bonds is 5. The van der Waals surface area contributed by atoms with Crippen LogP contribution in [0.4, 0.5) is 0 Å². The highest BCUT2D eigenvalue weighted by Gasteiger charge is 2.04. The molecule has 100 valence electrons. The molecule has 0 spiro atoms. The molecule has 0 radical (unpaired) electrons. The van der Waals surface area contributed by atoms with Gasteiger partial charge in [-0.1, -0.05) is 46.6 Å². The van der Waals surface area contributed by atoms with Crippen molar-refractivity contribution in [2.75, 3.05) is 0 Å². The van der Waals surface area contributed by atoms with Crippen LogP contribution in [0.5, 0.6) is 5.88 Å². The van der Waals surface area contributed by atoms with E-state index in [1.807, 2.05) is 24.3 Å². The first-order chi connectivity index (χ1) is 9.17. The van der Waals surface area contributed by atoms with Crippen LogP contribution in [0.25, 0.3) is 0 Å². The first-order valence-corrected chi connectivity index (χ1v) is 7.25. The zero-order valence-electron chi connectivity index (χ0n) is 10.6. The molecule has 0 aliphatic carbocycles. The van der Waals surface area contributed by atoms with E-state index in [1.165, 1.54) is 0 Å². The minimum Gasteiger partial charge on any atom is -0.473 e. The first kappa shape index (κ1) is 14.3. The lowest BCUT2D eigenvalue weighted by Gasteiger charge is -2.07. The fourth-order valence-electron chi connectivity index (χ4n) is 1.64. The summed E-state index contributed by atoms with van der Waals surface area (Å²) in [7, 11) is 0. The molecule has 2 aromatic rings. The summed E-state index contributed by atoms with van der Waals surface area (Å²) >= 11 is 9.38. The minimum atomic E-state index is 0.419. The van der Waals surface area contributed by atoms with Crippen molar-refractivity contribution >= 4 is 27.5 Å². The van der Waals surface area contributed by atoms with Crippen molar-refractivity contribution in [3.05, 3.63) is 51.3 Å². The predicted octanol–water partition coefficient (Wildman–Crippen LogP) is 4.42. The van der Waals surface area contributed by atoms with Gasteiger partial charge in [-0.25, -0.2) is 4.98 Å². The molecule has 0 unspecified atom stereocenters. The highest BCUT2D eigenvalue weighted by Crippen LogP contribution is 2.17. The third kappa shape index (κ3) is 4.48. The van der Waals surface area contributed by atoms with Crippen LogP contribution in [-0.4, -0.2) is 9.97 Å². The molecule has 0 bridgehead atoms. The summed E-state index contributed by atoms with van der Waals surface area (Å²) in [6.45, 7) is 2.53. The number of ether oxygens (including phenoxy) is 1. The molecule has 5 heteroatoms. The van der Waals surface area contributed by atoms with Crippen LogP contribution in [0.15, 0.2) is 34.8 Å². The van der Waals surface area contributed by atoms with Gasteiger partial charge in [-0.3, -0.25) is 0 Å². The van der Waals surface area contributed by atoms with E-state index in [0.717, 1.165) is 28.7 Å². The Morgan fingerprint density at radius 1 is 1.26 bits per heavy atom. The van der Waals surface area contributed by atoms with Gasteiger partial charge in [-0.2, -0.15) is 4.98 Å². The summed E-state index contributed by atoms with van der Waals surface area (Å²) in [6, 6.07) is 9.59. The van der Waals surface area contributed by atoms with Crippen LogP contribution < -0.4 is 4.74 Å². The third-order valence-corrected chi connectivity index (χ3v) is 3.15. The van der Waals surface area contributed by atoms with Crippen LogP contribution in [0.3, 0.4) is 0 Å². The lowest BCUT2D eigenvalue weighted by molar-refractivity contribution is 0.292. The number of aromatic nitrogens is 2. The Bertz CT molecular complexity index is 563. The third-order valence-electron chi connectivity index (χ3n) is 2.47. The van der Waals surface area contributed by atoms with Crippen LogP contribution >= 0.6 is 27.5 Å². The van der Waals surface area contributed by atoms with E-state index in [9.17, 15) is 0 Å². The quantitative estimate of drug-likeness (QED) is 0.755. The Kier molecular flexibility index (Phi) is 5.16. The van der Waals surface area contributed by atoms with Crippen molar-refractivity contribution in [1.82, 2.24) is 9.97 Å². The second-order valence-corrected chi connectivity index (χ2v) is 5.42. The summed E-state index contributed by atoms with van der Waals surface area (Å²) in [5.41, 5.74) is 1.07. The van der Waals surface area contributed by atoms with Gasteiger partial charge >= 0.3 is 0 Å². The van der Waals surface area contributed by atoms with E-state index in [0.29, 0.717) is 17.6 Å². The van der Waals surface area contributed by atoms with Gasteiger partial charge in [0.15, 0.2) is 0 Å². The lowest BCUT2D eigenvalue weighted by Crippen LogP contribution is -2.01. The van der Waals surface area contributed by atoms with E-state index in [-0.39, 0.29) is 0 Å². The van der Waals surface area contributed by atoms with Crippen LogP contribution in [0.2, 0.25) is 5.15 Å². The smallest absolute Gasteiger partial charge is 0.218 e. The van der Waals surface area contributed by atoms with Gasteiger partial charge in [0.05, 0.1) is 0 Å². The molecule has 0 aliphatic heterocycles. The van der Waals surface area contributed by atoms with Crippen molar-refractivity contribution < 1.29 is 4.74 Å². The molecule has 1 heterocycles. The van der Waals surface area contributed by atoms with Crippen molar-refractivity contribution in [2.45, 2.75) is 26.4 Å². The lowest BCUT2D eigenvalue weighted by atomic mass is 10.2. The van der Waals surface area contributed by atoms with Crippen molar-refractivity contribution in [3.8, 4) is 5.88 Å². The SMILES string of the molecule is CCCc1nc(Cl)cc(OCc2cccc(Br)c2)n1. The Morgan fingerprint density at radius 2 is 2.11 bits per heavy atom. The van der Waals surface area contributed by atoms with E-state index in [1.54, 1.807) is 6.07 Å². The van der Waals surface area contributed by atoms with Gasteiger partial charge in [-0.15, -0.1) is 0 Å². The van der Waals surface area contributed by atoms with Crippen LogP contribution in [-0.2, 0) is 13.0 Å². The molecule has 2 rings (SSSR count). The summed E-state index contributed by atoms with van der Waals surface area (Å²) in [5.74, 6) is 1.24. The standard InChI is InChI=1S/C14H14BrClN2O/c1-2-4-13-17-12(16)8-14(18-13)19-9-10-5-3-6-11(15)7-10/h3,5-8H,2,4,9H2,1H3. The van der Waals surface area contributed by atoms with Crippen LogP contribution in [0.1, 0.15) is 24.7 Å². The summed E-state index contributed by atoms with van der Waals surface area (Å²) < 4.78 is 6.69. The largest absolute Gasteiger partial charge is 0.473 e. The Balaban J connectivity index is 2.06. The normalized spacial score (nSPS) is 10.5. The molecule has 0 fully saturated rings. The zero-order valence-corrected chi connectivity index (χ0v) is 12.9. The van der Waals surface area contributed by atoms with Gasteiger partial charge in [0, 0.05) is 17.0 Å². The van der Waals surface area contributed by atoms with Gasteiger partial charge in [-0.05, 0) is 24.1 Å². The Labute approximate surface area is 126 Å². The summed E-state index contributed by atoms with van der Waals surface area (Å²) in [5, 5.41) is 0.419. The number of benzene rings is 1. The predicted molar refractivity (Wildman–Crippen MR) is 79.5 cm³/mol. The fraction of sp³-hybridized carbons (Fsp3) is 0.286. The molecule has 3 nitrogen and oxygen atoms in total. The Morgan fingerprint density at radius 3 is 2.84 bits per heavy atom. The van der Waals surface area contributed by atoms with E-state index in [4.69, 9.17) is 16.3 Å². The summed E-state index contributed by atoms with van der Waals surface area (Å²) in [4.78, 5) is 8.49. The van der Waals surface area contributed by atoms with E-state index < -0.39 is 0 Å². The summed E-state index contributed by atoms with van der Waals surface area (Å²) in [6.07, 6.45) is 1.78. The van der Waals surface area contributed by atoms with E-state index in [2.05, 4.69) is 32.8 Å². The molecular weight excluding hydrogens is 328 g/mol. The highest BCUT2D eigenvalue weighted by molar-refractivity contribution is 9.10. The van der Waals surface area contributed by atoms with E-state index >= 15 is 0 Å². The molecule has 19 heavy (non-hydrogen) atoms. The monoisotopic (exact) mass is 340 g/mol.